The van der Waals surface area contributed by atoms with Crippen LogP contribution in [0, 0.1) is 61.2 Å². The molecule has 5 aromatic rings. The van der Waals surface area contributed by atoms with Gasteiger partial charge in [0.05, 0.1) is 5.56 Å². The SMILES string of the molecule is CCc1cc(C)cc(C)c1.Cc1cc(C(F)(F)F)ccc1Cl.Cc1cc(C)cc(C)c1.Cc1ccc(C(C)(C)C)cc1.Cc1cccc(F)c1. The number of alkyl halides is 3. The minimum absolute atomic E-state index is 0.162. The summed E-state index contributed by atoms with van der Waals surface area (Å²) in [4.78, 5) is 0. The van der Waals surface area contributed by atoms with E-state index in [2.05, 4.69) is 130 Å². The quantitative estimate of drug-likeness (QED) is 0.152. The highest BCUT2D eigenvalue weighted by atomic mass is 35.5. The molecule has 0 aliphatic heterocycles. The Balaban J connectivity index is 0.000000314. The monoisotopic (exact) mass is 706 g/mol. The van der Waals surface area contributed by atoms with Crippen LogP contribution < -0.4 is 0 Å². The Morgan fingerprint density at radius 1 is 0.500 bits per heavy atom. The molecule has 0 fully saturated rings. The van der Waals surface area contributed by atoms with Gasteiger partial charge in [-0.1, -0.05) is 145 Å². The van der Waals surface area contributed by atoms with Gasteiger partial charge >= 0.3 is 6.18 Å². The Morgan fingerprint density at radius 3 is 1.28 bits per heavy atom. The lowest BCUT2D eigenvalue weighted by Gasteiger charge is -2.18. The molecule has 0 radical (unpaired) electrons. The molecule has 0 amide bonds. The highest BCUT2D eigenvalue weighted by Gasteiger charge is 2.30. The first-order valence-electron chi connectivity index (χ1n) is 16.9. The van der Waals surface area contributed by atoms with Crippen molar-refractivity contribution in [3.63, 3.8) is 0 Å². The molecule has 0 unspecified atom stereocenters. The van der Waals surface area contributed by atoms with Crippen molar-refractivity contribution in [2.24, 2.45) is 0 Å². The average molecular weight is 707 g/mol. The highest BCUT2D eigenvalue weighted by molar-refractivity contribution is 6.31. The highest BCUT2D eigenvalue weighted by Crippen LogP contribution is 2.31. The van der Waals surface area contributed by atoms with Crippen molar-refractivity contribution in [1.29, 1.82) is 0 Å². The van der Waals surface area contributed by atoms with Gasteiger partial charge in [0, 0.05) is 5.02 Å². The fourth-order valence-electron chi connectivity index (χ4n) is 4.96. The maximum absolute atomic E-state index is 12.2. The molecule has 0 aromatic heterocycles. The Bertz CT molecular complexity index is 1660. The molecule has 5 rings (SSSR count). The van der Waals surface area contributed by atoms with Gasteiger partial charge in [-0.3, -0.25) is 0 Å². The number of rotatable bonds is 1. The number of aryl methyl sites for hydroxylation is 9. The molecule has 0 aliphatic rings. The standard InChI is InChI=1S/C11H16.C10H14.C9H12.C8H6ClF3.C7H7F/c1-9-5-7-10(8-6-9)11(2,3)4;1-4-10-6-8(2)5-9(3)7-10;1-7-4-8(2)6-9(3)5-7;1-5-4-6(8(10,11)12)2-3-7(5)9;1-6-3-2-4-7(8)5-6/h5-8H,1-4H3;5-7H,4H2,1-3H3;4-6H,1-3H3;2-4H,1H3;2-5H,1H3. The zero-order valence-electron chi connectivity index (χ0n) is 31.9. The summed E-state index contributed by atoms with van der Waals surface area (Å²) < 4.78 is 48.3. The summed E-state index contributed by atoms with van der Waals surface area (Å²) in [6.07, 6.45) is -3.14. The van der Waals surface area contributed by atoms with E-state index in [0.717, 1.165) is 24.1 Å². The van der Waals surface area contributed by atoms with Gasteiger partial charge in [-0.2, -0.15) is 13.2 Å². The predicted octanol–water partition coefficient (Wildman–Crippen LogP) is 14.6. The number of benzene rings is 5. The lowest BCUT2D eigenvalue weighted by molar-refractivity contribution is -0.137. The van der Waals surface area contributed by atoms with E-state index in [1.807, 2.05) is 13.0 Å². The van der Waals surface area contributed by atoms with Crippen molar-refractivity contribution in [3.05, 3.63) is 175 Å². The molecule has 0 nitrogen and oxygen atoms in total. The summed E-state index contributed by atoms with van der Waals surface area (Å²) in [6, 6.07) is 31.7. The zero-order valence-corrected chi connectivity index (χ0v) is 32.7. The molecular formula is C45H55ClF4. The van der Waals surface area contributed by atoms with Crippen molar-refractivity contribution in [1.82, 2.24) is 0 Å². The van der Waals surface area contributed by atoms with E-state index in [9.17, 15) is 17.6 Å². The molecule has 0 aliphatic carbocycles. The molecule has 0 bridgehead atoms. The van der Waals surface area contributed by atoms with Crippen LogP contribution in [0.4, 0.5) is 17.6 Å². The van der Waals surface area contributed by atoms with E-state index in [0.29, 0.717) is 10.6 Å². The first-order chi connectivity index (χ1) is 23.1. The smallest absolute Gasteiger partial charge is 0.207 e. The third kappa shape index (κ3) is 18.2. The van der Waals surface area contributed by atoms with E-state index in [1.54, 1.807) is 6.07 Å². The number of hydrogen-bond acceptors (Lipinski definition) is 0. The molecule has 0 N–H and O–H groups in total. The van der Waals surface area contributed by atoms with Gasteiger partial charge in [0.25, 0.3) is 0 Å². The fraction of sp³-hybridized carbons (Fsp3) is 0.333. The lowest BCUT2D eigenvalue weighted by atomic mass is 9.87. The van der Waals surface area contributed by atoms with E-state index < -0.39 is 11.7 Å². The Hall–Kier alpha value is -3.89. The lowest BCUT2D eigenvalue weighted by Crippen LogP contribution is -2.10. The molecule has 0 heterocycles. The fourth-order valence-corrected chi connectivity index (χ4v) is 5.07. The van der Waals surface area contributed by atoms with E-state index in [-0.39, 0.29) is 11.2 Å². The second-order valence-corrected chi connectivity index (χ2v) is 14.3. The first kappa shape index (κ1) is 44.1. The summed E-state index contributed by atoms with van der Waals surface area (Å²) in [5.41, 5.74) is 12.0. The first-order valence-corrected chi connectivity index (χ1v) is 17.2. The van der Waals surface area contributed by atoms with Crippen LogP contribution >= 0.6 is 11.6 Å². The van der Waals surface area contributed by atoms with E-state index in [1.165, 1.54) is 69.6 Å². The largest absolute Gasteiger partial charge is 0.416 e. The van der Waals surface area contributed by atoms with Crippen molar-refractivity contribution >= 4 is 11.6 Å². The van der Waals surface area contributed by atoms with Crippen molar-refractivity contribution < 1.29 is 17.6 Å². The van der Waals surface area contributed by atoms with Crippen LogP contribution in [0.5, 0.6) is 0 Å². The summed E-state index contributed by atoms with van der Waals surface area (Å²) in [7, 11) is 0. The summed E-state index contributed by atoms with van der Waals surface area (Å²) >= 11 is 5.56. The third-order valence-electron chi connectivity index (χ3n) is 7.44. The Labute approximate surface area is 304 Å². The van der Waals surface area contributed by atoms with Crippen LogP contribution in [0.3, 0.4) is 0 Å². The Kier molecular flexibility index (Phi) is 18.3. The van der Waals surface area contributed by atoms with Crippen LogP contribution in [-0.2, 0) is 18.0 Å². The molecule has 5 heteroatoms. The zero-order chi connectivity index (χ0) is 38.2. The van der Waals surface area contributed by atoms with Crippen molar-refractivity contribution in [2.75, 3.05) is 0 Å². The molecule has 0 spiro atoms. The van der Waals surface area contributed by atoms with Crippen molar-refractivity contribution in [3.8, 4) is 0 Å². The second kappa shape index (κ2) is 20.7. The average Bonchev–Trinajstić information content (AvgIpc) is 2.98. The molecule has 0 atom stereocenters. The molecule has 270 valence electrons. The topological polar surface area (TPSA) is 0 Å². The summed E-state index contributed by atoms with van der Waals surface area (Å²) in [6.45, 7) is 25.1. The van der Waals surface area contributed by atoms with Crippen LogP contribution in [0.1, 0.15) is 88.9 Å². The van der Waals surface area contributed by atoms with Crippen LogP contribution in [0.2, 0.25) is 5.02 Å². The van der Waals surface area contributed by atoms with Gasteiger partial charge in [-0.15, -0.1) is 0 Å². The summed E-state index contributed by atoms with van der Waals surface area (Å²) in [5, 5.41) is 0.350. The predicted molar refractivity (Wildman–Crippen MR) is 208 cm³/mol. The van der Waals surface area contributed by atoms with E-state index >= 15 is 0 Å². The van der Waals surface area contributed by atoms with Gasteiger partial charge in [-0.25, -0.2) is 4.39 Å². The van der Waals surface area contributed by atoms with Crippen LogP contribution in [-0.4, -0.2) is 0 Å². The van der Waals surface area contributed by atoms with Crippen LogP contribution in [0.25, 0.3) is 0 Å². The second-order valence-electron chi connectivity index (χ2n) is 13.9. The van der Waals surface area contributed by atoms with Gasteiger partial charge in [0.2, 0.25) is 0 Å². The van der Waals surface area contributed by atoms with Gasteiger partial charge in [0.15, 0.2) is 0 Å². The number of halogens is 5. The van der Waals surface area contributed by atoms with Gasteiger partial charge < -0.3 is 0 Å². The maximum Gasteiger partial charge on any atom is 0.416 e. The minimum Gasteiger partial charge on any atom is -0.207 e. The Morgan fingerprint density at radius 2 is 0.940 bits per heavy atom. The van der Waals surface area contributed by atoms with Gasteiger partial charge in [0.1, 0.15) is 5.82 Å². The van der Waals surface area contributed by atoms with Crippen LogP contribution in [0.15, 0.2) is 103 Å². The summed E-state index contributed by atoms with van der Waals surface area (Å²) in [5.74, 6) is -0.162. The molecule has 0 saturated carbocycles. The third-order valence-corrected chi connectivity index (χ3v) is 7.86. The molecular weight excluding hydrogens is 652 g/mol. The van der Waals surface area contributed by atoms with Crippen molar-refractivity contribution in [2.45, 2.75) is 101 Å². The molecule has 0 saturated heterocycles. The molecule has 5 aromatic carbocycles. The van der Waals surface area contributed by atoms with Gasteiger partial charge in [-0.05, 0) is 120 Å². The molecule has 50 heavy (non-hydrogen) atoms. The normalized spacial score (nSPS) is 10.6. The minimum atomic E-state index is -4.28. The number of hydrogen-bond donors (Lipinski definition) is 0. The maximum atomic E-state index is 12.2. The van der Waals surface area contributed by atoms with E-state index in [4.69, 9.17) is 11.6 Å².